The van der Waals surface area contributed by atoms with Gasteiger partial charge in [-0.2, -0.15) is 0 Å². The fourth-order valence-corrected chi connectivity index (χ4v) is 5.27. The second-order valence-electron chi connectivity index (χ2n) is 8.81. The second-order valence-corrected chi connectivity index (χ2v) is 9.91. The molecule has 1 aliphatic rings. The molecule has 1 aliphatic carbocycles. The van der Waals surface area contributed by atoms with E-state index >= 15 is 0 Å². The molecule has 10 nitrogen and oxygen atoms in total. The van der Waals surface area contributed by atoms with Crippen LogP contribution in [-0.4, -0.2) is 51.9 Å². The molecular formula is C24H27F2N5O5S. The number of rotatable bonds is 7. The molecule has 1 amide bonds. The van der Waals surface area contributed by atoms with E-state index in [1.54, 1.807) is 14.0 Å². The maximum Gasteiger partial charge on any atom is 0.315 e. The van der Waals surface area contributed by atoms with E-state index in [0.717, 1.165) is 12.3 Å². The van der Waals surface area contributed by atoms with Gasteiger partial charge in [0.05, 0.1) is 17.7 Å². The molecule has 1 aromatic heterocycles. The Balaban J connectivity index is 1.79. The molecule has 1 heterocycles. The summed E-state index contributed by atoms with van der Waals surface area (Å²) in [5.41, 5.74) is -4.07. The summed E-state index contributed by atoms with van der Waals surface area (Å²) in [6.07, 6.45) is 2.25. The van der Waals surface area contributed by atoms with E-state index in [2.05, 4.69) is 15.6 Å². The number of methoxy groups -OCH3 is 1. The van der Waals surface area contributed by atoms with E-state index in [-0.39, 0.29) is 22.6 Å². The highest BCUT2D eigenvalue weighted by atomic mass is 32.2. The van der Waals surface area contributed by atoms with Crippen LogP contribution < -0.4 is 16.1 Å². The van der Waals surface area contributed by atoms with Gasteiger partial charge < -0.3 is 20.1 Å². The highest BCUT2D eigenvalue weighted by Crippen LogP contribution is 2.45. The summed E-state index contributed by atoms with van der Waals surface area (Å²) in [6, 6.07) is 2.91. The van der Waals surface area contributed by atoms with Crippen molar-refractivity contribution in [1.82, 2.24) is 15.6 Å². The van der Waals surface area contributed by atoms with E-state index in [1.165, 1.54) is 13.2 Å². The molecule has 0 saturated heterocycles. The Kier molecular flexibility index (Phi) is 8.18. The first-order chi connectivity index (χ1) is 17.4. The summed E-state index contributed by atoms with van der Waals surface area (Å²) < 4.78 is 31.9. The van der Waals surface area contributed by atoms with Crippen LogP contribution in [0.1, 0.15) is 47.8 Å². The van der Waals surface area contributed by atoms with Crippen LogP contribution in [0.5, 0.6) is 5.75 Å². The molecule has 0 aliphatic heterocycles. The number of hydrogen-bond donors (Lipinski definition) is 6. The number of ether oxygens (including phenoxy) is 1. The summed E-state index contributed by atoms with van der Waals surface area (Å²) in [7, 11) is 2.82. The van der Waals surface area contributed by atoms with Crippen LogP contribution >= 0.6 is 11.8 Å². The van der Waals surface area contributed by atoms with Gasteiger partial charge in [0.15, 0.2) is 11.4 Å². The summed E-state index contributed by atoms with van der Waals surface area (Å²) >= 11 is 0.545. The predicted molar refractivity (Wildman–Crippen MR) is 134 cm³/mol. The number of halogens is 2. The molecule has 13 heteroatoms. The lowest BCUT2D eigenvalue weighted by atomic mass is 9.79. The van der Waals surface area contributed by atoms with Crippen LogP contribution in [0.4, 0.5) is 8.78 Å². The van der Waals surface area contributed by atoms with Gasteiger partial charge in [0.1, 0.15) is 27.8 Å². The normalized spacial score (nSPS) is 20.9. The van der Waals surface area contributed by atoms with Gasteiger partial charge in [-0.3, -0.25) is 30.5 Å². The Hall–Kier alpha value is -3.58. The number of esters is 1. The lowest BCUT2D eigenvalue weighted by Crippen LogP contribution is -2.66. The number of aromatic hydroxyl groups is 1. The molecule has 1 saturated carbocycles. The van der Waals surface area contributed by atoms with Crippen molar-refractivity contribution in [2.75, 3.05) is 14.2 Å². The van der Waals surface area contributed by atoms with Gasteiger partial charge in [-0.15, -0.1) is 0 Å². The first-order valence-corrected chi connectivity index (χ1v) is 12.0. The number of carbonyl (C=O) groups is 2. The molecule has 6 N–H and O–H groups in total. The van der Waals surface area contributed by atoms with Gasteiger partial charge >= 0.3 is 5.97 Å². The summed E-state index contributed by atoms with van der Waals surface area (Å²) in [5, 5.41) is 31.8. The van der Waals surface area contributed by atoms with Crippen molar-refractivity contribution >= 4 is 33.7 Å². The van der Waals surface area contributed by atoms with E-state index in [0.29, 0.717) is 37.1 Å². The molecule has 1 fully saturated rings. The highest BCUT2D eigenvalue weighted by Gasteiger charge is 2.57. The van der Waals surface area contributed by atoms with Crippen LogP contribution in [0.2, 0.25) is 0 Å². The quantitative estimate of drug-likeness (QED) is 0.137. The number of amides is 1. The van der Waals surface area contributed by atoms with Crippen molar-refractivity contribution in [1.29, 1.82) is 10.8 Å². The lowest BCUT2D eigenvalue weighted by Gasteiger charge is -2.42. The predicted octanol–water partition coefficient (Wildman–Crippen LogP) is 2.65. The van der Waals surface area contributed by atoms with E-state index in [4.69, 9.17) is 15.6 Å². The summed E-state index contributed by atoms with van der Waals surface area (Å²) in [4.78, 5) is 40.9. The Morgan fingerprint density at radius 2 is 1.97 bits per heavy atom. The smallest absolute Gasteiger partial charge is 0.315 e. The number of aromatic nitrogens is 1. The summed E-state index contributed by atoms with van der Waals surface area (Å²) in [5.74, 6) is -3.93. The van der Waals surface area contributed by atoms with E-state index < -0.39 is 56.5 Å². The molecule has 1 aromatic carbocycles. The third kappa shape index (κ3) is 5.27. The number of aromatic amines is 1. The zero-order valence-corrected chi connectivity index (χ0v) is 21.2. The van der Waals surface area contributed by atoms with E-state index in [9.17, 15) is 28.3 Å². The number of H-pyrrole nitrogens is 1. The second kappa shape index (κ2) is 10.8. The molecule has 2 aromatic rings. The van der Waals surface area contributed by atoms with Crippen LogP contribution in [0.3, 0.4) is 0 Å². The van der Waals surface area contributed by atoms with Crippen molar-refractivity contribution in [2.45, 2.75) is 38.3 Å². The van der Waals surface area contributed by atoms with Crippen LogP contribution in [0, 0.1) is 27.9 Å². The first kappa shape index (κ1) is 28.0. The Morgan fingerprint density at radius 1 is 1.27 bits per heavy atom. The van der Waals surface area contributed by atoms with Crippen molar-refractivity contribution in [3.63, 3.8) is 0 Å². The number of nitrogens with one attached hydrogen (secondary N) is 5. The van der Waals surface area contributed by atoms with Gasteiger partial charge in [0.2, 0.25) is 5.43 Å². The third-order valence-corrected chi connectivity index (χ3v) is 7.50. The molecule has 0 radical (unpaired) electrons. The van der Waals surface area contributed by atoms with Gasteiger partial charge in [-0.05, 0) is 44.9 Å². The largest absolute Gasteiger partial charge is 0.503 e. The topological polar surface area (TPSA) is 168 Å². The van der Waals surface area contributed by atoms with Crippen LogP contribution in [-0.2, 0) is 16.0 Å². The first-order valence-electron chi connectivity index (χ1n) is 11.2. The Labute approximate surface area is 215 Å². The van der Waals surface area contributed by atoms with Crippen LogP contribution in [0.15, 0.2) is 29.2 Å². The Morgan fingerprint density at radius 3 is 2.59 bits per heavy atom. The average Bonchev–Trinajstić information content (AvgIpc) is 3.18. The van der Waals surface area contributed by atoms with Crippen molar-refractivity contribution in [2.24, 2.45) is 5.41 Å². The minimum atomic E-state index is -1.20. The number of benzene rings is 1. The molecule has 1 unspecified atom stereocenters. The van der Waals surface area contributed by atoms with Crippen molar-refractivity contribution in [3.8, 4) is 5.75 Å². The average molecular weight is 536 g/mol. The molecular weight excluding hydrogens is 508 g/mol. The number of hydrogen-bond acceptors (Lipinski definition) is 9. The SMILES string of the molecule is CNC1(NC(=O)c2[nH]cc(C(=N)SC(=N)Cc3ccc(F)cc3F)c(=O)c2O)CCC[C@]1(C)C(=O)OC. The maximum atomic E-state index is 13.9. The van der Waals surface area contributed by atoms with E-state index in [1.807, 2.05) is 0 Å². The molecule has 198 valence electrons. The number of pyridine rings is 1. The fourth-order valence-electron chi connectivity index (χ4n) is 4.53. The Bertz CT molecular complexity index is 1330. The number of thioether (sulfide) groups is 1. The molecule has 0 bridgehead atoms. The molecule has 3 rings (SSSR count). The number of carbonyl (C=O) groups excluding carboxylic acids is 2. The standard InChI is InChI=1S/C24H27F2N5O5S/c1-23(22(35)36-3)7-4-8-24(23,29-2)31-21(34)17-19(33)18(32)14(11-30-17)20(28)37-16(27)9-12-5-6-13(25)10-15(12)26/h5-6,10-11,27-29,33H,4,7-9H2,1-3H3,(H,30,32)(H,31,34)/t23-,24?/m1/s1. The zero-order valence-electron chi connectivity index (χ0n) is 20.4. The summed E-state index contributed by atoms with van der Waals surface area (Å²) in [6.45, 7) is 1.65. The third-order valence-electron chi connectivity index (χ3n) is 6.68. The minimum absolute atomic E-state index is 0.0415. The van der Waals surface area contributed by atoms with Gasteiger partial charge in [-0.25, -0.2) is 8.78 Å². The molecule has 37 heavy (non-hydrogen) atoms. The fraction of sp³-hybridized carbons (Fsp3) is 0.375. The molecule has 0 spiro atoms. The lowest BCUT2D eigenvalue weighted by molar-refractivity contribution is -0.156. The highest BCUT2D eigenvalue weighted by molar-refractivity contribution is 8.26. The van der Waals surface area contributed by atoms with Gasteiger partial charge in [0, 0.05) is 18.7 Å². The van der Waals surface area contributed by atoms with Crippen molar-refractivity contribution in [3.05, 3.63) is 63.1 Å². The van der Waals surface area contributed by atoms with Gasteiger partial charge in [0.25, 0.3) is 5.91 Å². The zero-order chi connectivity index (χ0) is 27.5. The minimum Gasteiger partial charge on any atom is -0.503 e. The molecule has 2 atom stereocenters. The van der Waals surface area contributed by atoms with Crippen molar-refractivity contribution < 1.29 is 28.2 Å². The van der Waals surface area contributed by atoms with Gasteiger partial charge in [-0.1, -0.05) is 17.8 Å². The monoisotopic (exact) mass is 535 g/mol. The maximum absolute atomic E-state index is 13.9. The van der Waals surface area contributed by atoms with Crippen LogP contribution in [0.25, 0.3) is 0 Å².